The summed E-state index contributed by atoms with van der Waals surface area (Å²) in [5.74, 6) is -0.680. The van der Waals surface area contributed by atoms with Crippen LogP contribution in [-0.2, 0) is 4.79 Å². The number of aryl methyl sites for hydroxylation is 1. The molecule has 0 aliphatic carbocycles. The summed E-state index contributed by atoms with van der Waals surface area (Å²) < 4.78 is 5.27. The van der Waals surface area contributed by atoms with E-state index in [0.717, 1.165) is 0 Å². The minimum atomic E-state index is -0.706. The van der Waals surface area contributed by atoms with Gasteiger partial charge in [-0.15, -0.1) is 0 Å². The molecule has 0 spiro atoms. The number of rotatable bonds is 3. The number of fused-ring (bicyclic) bond motifs is 1. The van der Waals surface area contributed by atoms with Gasteiger partial charge in [-0.25, -0.2) is 4.79 Å². The molecule has 7 nitrogen and oxygen atoms in total. The van der Waals surface area contributed by atoms with E-state index in [1.54, 1.807) is 25.1 Å². The van der Waals surface area contributed by atoms with Gasteiger partial charge >= 0.3 is 5.63 Å². The summed E-state index contributed by atoms with van der Waals surface area (Å²) in [6.45, 7) is 2.02. The fraction of sp³-hybridized carbons (Fsp3) is 0.353. The van der Waals surface area contributed by atoms with E-state index >= 15 is 0 Å². The predicted molar refractivity (Wildman–Crippen MR) is 89.8 cm³/mol. The molecule has 1 amide bonds. The van der Waals surface area contributed by atoms with E-state index in [4.69, 9.17) is 15.9 Å². The average Bonchev–Trinajstić information content (AvgIpc) is 3.03. The van der Waals surface area contributed by atoms with Crippen LogP contribution in [0.3, 0.4) is 0 Å². The van der Waals surface area contributed by atoms with Crippen molar-refractivity contribution in [1.82, 2.24) is 4.90 Å². The van der Waals surface area contributed by atoms with Gasteiger partial charge in [0.15, 0.2) is 5.78 Å². The molecule has 3 rings (SSSR count). The number of ketones is 1. The number of carbonyl (C=O) groups is 2. The largest absolute Gasteiger partial charge is 0.422 e. The molecule has 24 heavy (non-hydrogen) atoms. The molecule has 126 valence electrons. The molecular weight excluding hydrogens is 310 g/mol. The number of hydrogen-bond acceptors (Lipinski definition) is 6. The number of anilines is 1. The Hall–Kier alpha value is -2.67. The Bertz CT molecular complexity index is 887. The lowest BCUT2D eigenvalue weighted by molar-refractivity contribution is -0.129. The van der Waals surface area contributed by atoms with Gasteiger partial charge in [0.25, 0.3) is 0 Å². The molecule has 1 aliphatic heterocycles. The Kier molecular flexibility index (Phi) is 4.11. The molecule has 0 bridgehead atoms. The van der Waals surface area contributed by atoms with Gasteiger partial charge in [-0.1, -0.05) is 0 Å². The van der Waals surface area contributed by atoms with Crippen molar-refractivity contribution < 1.29 is 14.0 Å². The standard InChI is InChI=1S/C17H19N3O4/c1-9-11-5-4-10(19)7-13(11)24-17(23)15(9)16(22)12-3-2-6-20(12)14(21)8-18/h4-5,7,12H,2-3,6,8,18-19H2,1H3/t12-/m0/s1. The molecule has 1 aromatic carbocycles. The quantitative estimate of drug-likeness (QED) is 0.488. The van der Waals surface area contributed by atoms with Gasteiger partial charge in [0.1, 0.15) is 11.1 Å². The first-order valence-electron chi connectivity index (χ1n) is 7.80. The van der Waals surface area contributed by atoms with Crippen molar-refractivity contribution in [2.75, 3.05) is 18.8 Å². The second-order valence-corrected chi connectivity index (χ2v) is 5.96. The van der Waals surface area contributed by atoms with Gasteiger partial charge in [-0.05, 0) is 37.5 Å². The molecule has 0 radical (unpaired) electrons. The third kappa shape index (κ3) is 2.56. The van der Waals surface area contributed by atoms with Crippen molar-refractivity contribution in [3.63, 3.8) is 0 Å². The second kappa shape index (κ2) is 6.09. The lowest BCUT2D eigenvalue weighted by Gasteiger charge is -2.23. The number of nitrogens with two attached hydrogens (primary N) is 2. The van der Waals surface area contributed by atoms with Crippen molar-refractivity contribution in [3.05, 3.63) is 39.7 Å². The van der Waals surface area contributed by atoms with Gasteiger partial charge in [0.05, 0.1) is 12.6 Å². The first-order valence-corrected chi connectivity index (χ1v) is 7.80. The van der Waals surface area contributed by atoms with Crippen LogP contribution in [-0.4, -0.2) is 35.7 Å². The van der Waals surface area contributed by atoms with Gasteiger partial charge < -0.3 is 20.8 Å². The fourth-order valence-electron chi connectivity index (χ4n) is 3.28. The summed E-state index contributed by atoms with van der Waals surface area (Å²) in [4.78, 5) is 38.6. The van der Waals surface area contributed by atoms with Crippen molar-refractivity contribution in [3.8, 4) is 0 Å². The molecule has 0 unspecified atom stereocenters. The second-order valence-electron chi connectivity index (χ2n) is 5.96. The van der Waals surface area contributed by atoms with E-state index in [0.29, 0.717) is 41.6 Å². The summed E-state index contributed by atoms with van der Waals surface area (Å²) in [6.07, 6.45) is 1.22. The number of nitrogens with zero attached hydrogens (tertiary/aromatic N) is 1. The van der Waals surface area contributed by atoms with Crippen molar-refractivity contribution in [2.24, 2.45) is 5.73 Å². The third-order valence-corrected chi connectivity index (χ3v) is 4.49. The van der Waals surface area contributed by atoms with E-state index < -0.39 is 11.7 Å². The maximum absolute atomic E-state index is 12.9. The van der Waals surface area contributed by atoms with Gasteiger partial charge in [0, 0.05) is 23.7 Å². The van der Waals surface area contributed by atoms with E-state index in [2.05, 4.69) is 0 Å². The third-order valence-electron chi connectivity index (χ3n) is 4.49. The zero-order valence-electron chi connectivity index (χ0n) is 13.4. The highest BCUT2D eigenvalue weighted by Gasteiger charge is 2.36. The number of carbonyl (C=O) groups excluding carboxylic acids is 2. The fourth-order valence-corrected chi connectivity index (χ4v) is 3.28. The van der Waals surface area contributed by atoms with E-state index in [1.165, 1.54) is 4.90 Å². The van der Waals surface area contributed by atoms with Gasteiger partial charge in [-0.3, -0.25) is 9.59 Å². The molecule has 1 fully saturated rings. The van der Waals surface area contributed by atoms with Crippen molar-refractivity contribution >= 4 is 28.3 Å². The molecule has 1 atom stereocenters. The van der Waals surface area contributed by atoms with Crippen LogP contribution in [0.5, 0.6) is 0 Å². The number of nitrogen functional groups attached to an aromatic ring is 1. The molecule has 2 aromatic rings. The SMILES string of the molecule is Cc1c(C(=O)[C@@H]2CCCN2C(=O)CN)c(=O)oc2cc(N)ccc12. The van der Waals surface area contributed by atoms with Crippen LogP contribution in [0.2, 0.25) is 0 Å². The van der Waals surface area contributed by atoms with Crippen LogP contribution >= 0.6 is 0 Å². The topological polar surface area (TPSA) is 120 Å². The molecule has 7 heteroatoms. The minimum absolute atomic E-state index is 0.00556. The van der Waals surface area contributed by atoms with Crippen LogP contribution in [0.1, 0.15) is 28.8 Å². The summed E-state index contributed by atoms with van der Waals surface area (Å²) in [7, 11) is 0. The summed E-state index contributed by atoms with van der Waals surface area (Å²) in [5.41, 5.74) is 11.8. The Labute approximate surface area is 138 Å². The van der Waals surface area contributed by atoms with Crippen LogP contribution < -0.4 is 17.1 Å². The summed E-state index contributed by atoms with van der Waals surface area (Å²) >= 11 is 0. The predicted octanol–water partition coefficient (Wildman–Crippen LogP) is 0.816. The average molecular weight is 329 g/mol. The van der Waals surface area contributed by atoms with Crippen LogP contribution in [0.4, 0.5) is 5.69 Å². The normalized spacial score (nSPS) is 17.4. The number of hydrogen-bond donors (Lipinski definition) is 2. The molecule has 1 saturated heterocycles. The molecule has 4 N–H and O–H groups in total. The number of amides is 1. The van der Waals surface area contributed by atoms with E-state index in [1.807, 2.05) is 0 Å². The Balaban J connectivity index is 2.09. The van der Waals surface area contributed by atoms with Crippen LogP contribution in [0, 0.1) is 6.92 Å². The highest BCUT2D eigenvalue weighted by atomic mass is 16.4. The summed E-state index contributed by atoms with van der Waals surface area (Å²) in [6, 6.07) is 4.30. The summed E-state index contributed by atoms with van der Waals surface area (Å²) in [5, 5.41) is 0.654. The van der Waals surface area contributed by atoms with Crippen molar-refractivity contribution in [1.29, 1.82) is 0 Å². The molecule has 2 heterocycles. The highest BCUT2D eigenvalue weighted by Crippen LogP contribution is 2.26. The van der Waals surface area contributed by atoms with Crippen LogP contribution in [0.15, 0.2) is 27.4 Å². The maximum atomic E-state index is 12.9. The molecule has 1 aliphatic rings. The first kappa shape index (κ1) is 16.2. The Morgan fingerprint density at radius 2 is 2.12 bits per heavy atom. The zero-order valence-corrected chi connectivity index (χ0v) is 13.4. The lowest BCUT2D eigenvalue weighted by Crippen LogP contribution is -2.44. The first-order chi connectivity index (χ1) is 11.4. The van der Waals surface area contributed by atoms with Gasteiger partial charge in [-0.2, -0.15) is 0 Å². The Morgan fingerprint density at radius 3 is 2.83 bits per heavy atom. The van der Waals surface area contributed by atoms with E-state index in [-0.39, 0.29) is 23.8 Å². The van der Waals surface area contributed by atoms with Crippen LogP contribution in [0.25, 0.3) is 11.0 Å². The number of likely N-dealkylation sites (tertiary alicyclic amines) is 1. The van der Waals surface area contributed by atoms with E-state index in [9.17, 15) is 14.4 Å². The highest BCUT2D eigenvalue weighted by molar-refractivity contribution is 6.05. The maximum Gasteiger partial charge on any atom is 0.347 e. The van der Waals surface area contributed by atoms with Crippen molar-refractivity contribution in [2.45, 2.75) is 25.8 Å². The van der Waals surface area contributed by atoms with Gasteiger partial charge in [0.2, 0.25) is 5.91 Å². The molecule has 0 saturated carbocycles. The molecule has 1 aromatic heterocycles. The Morgan fingerprint density at radius 1 is 1.38 bits per heavy atom. The number of Topliss-reactive ketones (excluding diaryl/α,β-unsaturated/α-hetero) is 1. The minimum Gasteiger partial charge on any atom is -0.422 e. The number of benzene rings is 1. The monoisotopic (exact) mass is 329 g/mol. The lowest BCUT2D eigenvalue weighted by atomic mass is 9.97. The zero-order chi connectivity index (χ0) is 17.4. The molecular formula is C17H19N3O4. The smallest absolute Gasteiger partial charge is 0.347 e.